The molecule has 1 heterocycles. The van der Waals surface area contributed by atoms with Crippen molar-refractivity contribution in [2.24, 2.45) is 0 Å². The normalized spacial score (nSPS) is 13.8. The smallest absolute Gasteiger partial charge is 0.0944 e. The summed E-state index contributed by atoms with van der Waals surface area (Å²) in [5.41, 5.74) is 1.36. The summed E-state index contributed by atoms with van der Waals surface area (Å²) < 4.78 is 5.09. The van der Waals surface area contributed by atoms with Crippen LogP contribution in [0.4, 0.5) is 0 Å². The standard InChI is InChI=1S/C14H26N2OS/c1-14(2,3)12-10-18-13(16-12)9-11(15-4)7-6-8-17-5/h10-11,15H,6-9H2,1-5H3. The van der Waals surface area contributed by atoms with Gasteiger partial charge in [0.15, 0.2) is 0 Å². The predicted octanol–water partition coefficient (Wildman–Crippen LogP) is 3.00. The van der Waals surface area contributed by atoms with Crippen LogP contribution in [0.3, 0.4) is 0 Å². The topological polar surface area (TPSA) is 34.1 Å². The Morgan fingerprint density at radius 3 is 2.67 bits per heavy atom. The van der Waals surface area contributed by atoms with E-state index in [1.54, 1.807) is 18.4 Å². The number of aromatic nitrogens is 1. The molecular formula is C14H26N2OS. The fourth-order valence-corrected chi connectivity index (χ4v) is 2.88. The molecule has 1 aromatic heterocycles. The van der Waals surface area contributed by atoms with E-state index < -0.39 is 0 Å². The summed E-state index contributed by atoms with van der Waals surface area (Å²) >= 11 is 1.78. The van der Waals surface area contributed by atoms with Crippen LogP contribution in [0, 0.1) is 0 Å². The lowest BCUT2D eigenvalue weighted by atomic mass is 9.93. The Balaban J connectivity index is 2.51. The highest BCUT2D eigenvalue weighted by Crippen LogP contribution is 2.24. The second-order valence-corrected chi connectivity index (χ2v) is 6.64. The zero-order valence-electron chi connectivity index (χ0n) is 12.2. The number of thiazole rings is 1. The number of ether oxygens (including phenoxy) is 1. The second-order valence-electron chi connectivity index (χ2n) is 5.70. The average Bonchev–Trinajstić information content (AvgIpc) is 2.76. The molecule has 1 atom stereocenters. The molecule has 104 valence electrons. The average molecular weight is 270 g/mol. The molecule has 0 aliphatic heterocycles. The SMILES string of the molecule is CNC(CCCOC)Cc1nc(C(C)(C)C)cs1. The van der Waals surface area contributed by atoms with Gasteiger partial charge in [-0.05, 0) is 19.9 Å². The molecule has 18 heavy (non-hydrogen) atoms. The molecule has 0 saturated carbocycles. The summed E-state index contributed by atoms with van der Waals surface area (Å²) in [6.45, 7) is 7.46. The first-order chi connectivity index (χ1) is 8.47. The molecule has 0 amide bonds. The summed E-state index contributed by atoms with van der Waals surface area (Å²) in [5.74, 6) is 0. The zero-order chi connectivity index (χ0) is 13.6. The van der Waals surface area contributed by atoms with E-state index >= 15 is 0 Å². The van der Waals surface area contributed by atoms with Gasteiger partial charge >= 0.3 is 0 Å². The zero-order valence-corrected chi connectivity index (χ0v) is 13.1. The van der Waals surface area contributed by atoms with Gasteiger partial charge in [0.05, 0.1) is 10.7 Å². The quantitative estimate of drug-likeness (QED) is 0.773. The van der Waals surface area contributed by atoms with Crippen molar-refractivity contribution >= 4 is 11.3 Å². The highest BCUT2D eigenvalue weighted by atomic mass is 32.1. The van der Waals surface area contributed by atoms with Crippen LogP contribution in [-0.4, -0.2) is 31.8 Å². The van der Waals surface area contributed by atoms with Crippen LogP contribution < -0.4 is 5.32 Å². The molecule has 4 heteroatoms. The van der Waals surface area contributed by atoms with Crippen LogP contribution in [0.5, 0.6) is 0 Å². The molecule has 0 aliphatic carbocycles. The van der Waals surface area contributed by atoms with E-state index in [0.29, 0.717) is 6.04 Å². The Morgan fingerprint density at radius 2 is 2.17 bits per heavy atom. The molecule has 1 rings (SSSR count). The fourth-order valence-electron chi connectivity index (χ4n) is 1.78. The molecule has 3 nitrogen and oxygen atoms in total. The Bertz CT molecular complexity index is 344. The fraction of sp³-hybridized carbons (Fsp3) is 0.786. The summed E-state index contributed by atoms with van der Waals surface area (Å²) in [4.78, 5) is 4.74. The molecule has 0 aromatic carbocycles. The van der Waals surface area contributed by atoms with Crippen LogP contribution in [-0.2, 0) is 16.6 Å². The van der Waals surface area contributed by atoms with Gasteiger partial charge in [0.25, 0.3) is 0 Å². The van der Waals surface area contributed by atoms with E-state index in [1.807, 2.05) is 7.05 Å². The van der Waals surface area contributed by atoms with Crippen molar-refractivity contribution in [1.82, 2.24) is 10.3 Å². The maximum absolute atomic E-state index is 5.09. The Labute approximate surface area is 115 Å². The molecule has 0 saturated heterocycles. The third-order valence-corrected chi connectivity index (χ3v) is 3.92. The van der Waals surface area contributed by atoms with Crippen molar-refractivity contribution in [2.75, 3.05) is 20.8 Å². The summed E-state index contributed by atoms with van der Waals surface area (Å²) in [6, 6.07) is 0.499. The number of hydrogen-bond donors (Lipinski definition) is 1. The maximum Gasteiger partial charge on any atom is 0.0944 e. The number of hydrogen-bond acceptors (Lipinski definition) is 4. The summed E-state index contributed by atoms with van der Waals surface area (Å²) in [6.07, 6.45) is 3.25. The van der Waals surface area contributed by atoms with Gasteiger partial charge in [0.1, 0.15) is 0 Å². The molecule has 0 aliphatic rings. The van der Waals surface area contributed by atoms with Crippen molar-refractivity contribution in [2.45, 2.75) is 51.5 Å². The van der Waals surface area contributed by atoms with Gasteiger partial charge in [-0.2, -0.15) is 0 Å². The van der Waals surface area contributed by atoms with Gasteiger partial charge in [0, 0.05) is 37.0 Å². The highest BCUT2D eigenvalue weighted by Gasteiger charge is 2.18. The van der Waals surface area contributed by atoms with Crippen molar-refractivity contribution in [3.05, 3.63) is 16.1 Å². The van der Waals surface area contributed by atoms with Gasteiger partial charge in [-0.25, -0.2) is 4.98 Å². The van der Waals surface area contributed by atoms with Crippen LogP contribution in [0.2, 0.25) is 0 Å². The van der Waals surface area contributed by atoms with Crippen LogP contribution in [0.25, 0.3) is 0 Å². The number of methoxy groups -OCH3 is 1. The maximum atomic E-state index is 5.09. The highest BCUT2D eigenvalue weighted by molar-refractivity contribution is 7.09. The minimum atomic E-state index is 0.153. The molecule has 1 unspecified atom stereocenters. The van der Waals surface area contributed by atoms with Crippen molar-refractivity contribution in [3.8, 4) is 0 Å². The largest absolute Gasteiger partial charge is 0.385 e. The van der Waals surface area contributed by atoms with E-state index in [-0.39, 0.29) is 5.41 Å². The monoisotopic (exact) mass is 270 g/mol. The van der Waals surface area contributed by atoms with E-state index in [1.165, 1.54) is 10.7 Å². The number of nitrogens with one attached hydrogen (secondary N) is 1. The third-order valence-electron chi connectivity index (χ3n) is 3.05. The van der Waals surface area contributed by atoms with E-state index in [2.05, 4.69) is 31.5 Å². The summed E-state index contributed by atoms with van der Waals surface area (Å²) in [5, 5.41) is 6.79. The number of likely N-dealkylation sites (N-methyl/N-ethyl adjacent to an activating group) is 1. The first kappa shape index (κ1) is 15.6. The molecule has 0 fully saturated rings. The predicted molar refractivity (Wildman–Crippen MR) is 78.5 cm³/mol. The molecular weight excluding hydrogens is 244 g/mol. The lowest BCUT2D eigenvalue weighted by molar-refractivity contribution is 0.189. The number of rotatable bonds is 7. The first-order valence-corrected chi connectivity index (χ1v) is 7.46. The van der Waals surface area contributed by atoms with E-state index in [9.17, 15) is 0 Å². The minimum absolute atomic E-state index is 0.153. The molecule has 0 spiro atoms. The molecule has 1 N–H and O–H groups in total. The first-order valence-electron chi connectivity index (χ1n) is 6.58. The van der Waals surface area contributed by atoms with Crippen molar-refractivity contribution < 1.29 is 4.74 Å². The van der Waals surface area contributed by atoms with Gasteiger partial charge in [-0.1, -0.05) is 20.8 Å². The summed E-state index contributed by atoms with van der Waals surface area (Å²) in [7, 11) is 3.78. The van der Waals surface area contributed by atoms with Gasteiger partial charge in [-0.15, -0.1) is 11.3 Å². The van der Waals surface area contributed by atoms with Crippen LogP contribution in [0.1, 0.15) is 44.3 Å². The van der Waals surface area contributed by atoms with Gasteiger partial charge in [0.2, 0.25) is 0 Å². The molecule has 1 aromatic rings. The Hall–Kier alpha value is -0.450. The number of nitrogens with zero attached hydrogens (tertiary/aromatic N) is 1. The Kier molecular flexibility index (Phi) is 6.26. The van der Waals surface area contributed by atoms with E-state index in [0.717, 1.165) is 25.9 Å². The lowest BCUT2D eigenvalue weighted by Crippen LogP contribution is -2.28. The van der Waals surface area contributed by atoms with Crippen molar-refractivity contribution in [3.63, 3.8) is 0 Å². The molecule has 0 bridgehead atoms. The van der Waals surface area contributed by atoms with Crippen LogP contribution in [0.15, 0.2) is 5.38 Å². The minimum Gasteiger partial charge on any atom is -0.385 e. The van der Waals surface area contributed by atoms with E-state index in [4.69, 9.17) is 9.72 Å². The Morgan fingerprint density at radius 1 is 1.44 bits per heavy atom. The van der Waals surface area contributed by atoms with Gasteiger partial charge in [-0.3, -0.25) is 0 Å². The van der Waals surface area contributed by atoms with Crippen LogP contribution >= 0.6 is 11.3 Å². The lowest BCUT2D eigenvalue weighted by Gasteiger charge is -2.16. The second kappa shape index (κ2) is 7.22. The molecule has 0 radical (unpaired) electrons. The van der Waals surface area contributed by atoms with Gasteiger partial charge < -0.3 is 10.1 Å². The van der Waals surface area contributed by atoms with Crippen molar-refractivity contribution in [1.29, 1.82) is 0 Å². The third kappa shape index (κ3) is 5.04.